The molecular formula is C13H14IN3O2. The molecule has 0 radical (unpaired) electrons. The molecule has 6 heteroatoms. The number of anilines is 1. The van der Waals surface area contributed by atoms with E-state index in [9.17, 15) is 4.79 Å². The Kier molecular flexibility index (Phi) is 4.41. The Balaban J connectivity index is 2.44. The predicted octanol–water partition coefficient (Wildman–Crippen LogP) is 2.41. The van der Waals surface area contributed by atoms with E-state index in [0.717, 1.165) is 17.7 Å². The van der Waals surface area contributed by atoms with Crippen molar-refractivity contribution in [1.82, 2.24) is 9.97 Å². The fraction of sp³-hybridized carbons (Fsp3) is 0.231. The molecule has 3 N–H and O–H groups in total. The van der Waals surface area contributed by atoms with Crippen LogP contribution in [0.4, 0.5) is 5.95 Å². The van der Waals surface area contributed by atoms with Gasteiger partial charge in [-0.2, -0.15) is 0 Å². The minimum Gasteiger partial charge on any atom is -0.494 e. The number of hydrogen-bond donors (Lipinski definition) is 2. The Bertz CT molecular complexity index is 640. The van der Waals surface area contributed by atoms with Crippen molar-refractivity contribution in [2.75, 3.05) is 12.3 Å². The molecule has 1 aromatic heterocycles. The molecule has 100 valence electrons. The molecule has 0 aliphatic rings. The standard InChI is InChI=1S/C13H14IN3O2/c1-2-6-19-9-5-3-4-8(7-9)11-10(14)12(18)17-13(15)16-11/h3-5,7H,2,6H2,1H3,(H3,15,16,17,18). The molecule has 2 aromatic rings. The summed E-state index contributed by atoms with van der Waals surface area (Å²) in [5, 5.41) is 0. The maximum absolute atomic E-state index is 11.7. The van der Waals surface area contributed by atoms with Crippen molar-refractivity contribution in [2.45, 2.75) is 13.3 Å². The van der Waals surface area contributed by atoms with Crippen LogP contribution in [0.2, 0.25) is 0 Å². The summed E-state index contributed by atoms with van der Waals surface area (Å²) < 4.78 is 6.08. The van der Waals surface area contributed by atoms with Gasteiger partial charge >= 0.3 is 0 Å². The van der Waals surface area contributed by atoms with Crippen molar-refractivity contribution in [1.29, 1.82) is 0 Å². The van der Waals surface area contributed by atoms with Crippen LogP contribution in [-0.4, -0.2) is 16.6 Å². The first-order valence-electron chi connectivity index (χ1n) is 5.90. The highest BCUT2D eigenvalue weighted by Crippen LogP contribution is 2.25. The predicted molar refractivity (Wildman–Crippen MR) is 83.2 cm³/mol. The lowest BCUT2D eigenvalue weighted by Gasteiger charge is -2.08. The Morgan fingerprint density at radius 3 is 3.00 bits per heavy atom. The Morgan fingerprint density at radius 1 is 1.47 bits per heavy atom. The van der Waals surface area contributed by atoms with Crippen molar-refractivity contribution in [3.63, 3.8) is 0 Å². The first kappa shape index (κ1) is 13.9. The van der Waals surface area contributed by atoms with E-state index in [1.807, 2.05) is 53.8 Å². The molecule has 2 rings (SSSR count). The molecule has 0 saturated carbocycles. The quantitative estimate of drug-likeness (QED) is 0.809. The van der Waals surface area contributed by atoms with Gasteiger partial charge in [-0.25, -0.2) is 4.98 Å². The normalized spacial score (nSPS) is 10.4. The van der Waals surface area contributed by atoms with Gasteiger partial charge in [0.2, 0.25) is 5.95 Å². The Hall–Kier alpha value is -1.57. The smallest absolute Gasteiger partial charge is 0.266 e. The molecule has 0 aliphatic heterocycles. The lowest BCUT2D eigenvalue weighted by atomic mass is 10.1. The Labute approximate surface area is 124 Å². The molecular weight excluding hydrogens is 357 g/mol. The van der Waals surface area contributed by atoms with Gasteiger partial charge in [0, 0.05) is 5.56 Å². The number of H-pyrrole nitrogens is 1. The Morgan fingerprint density at radius 2 is 2.26 bits per heavy atom. The number of ether oxygens (including phenoxy) is 1. The van der Waals surface area contributed by atoms with E-state index in [1.165, 1.54) is 0 Å². The van der Waals surface area contributed by atoms with E-state index < -0.39 is 0 Å². The third-order valence-electron chi connectivity index (χ3n) is 2.46. The average molecular weight is 371 g/mol. The summed E-state index contributed by atoms with van der Waals surface area (Å²) in [4.78, 5) is 18.3. The lowest BCUT2D eigenvalue weighted by Crippen LogP contribution is -2.15. The van der Waals surface area contributed by atoms with Crippen LogP contribution in [0, 0.1) is 3.57 Å². The second-order valence-electron chi connectivity index (χ2n) is 3.99. The second-order valence-corrected chi connectivity index (χ2v) is 5.07. The molecule has 0 aliphatic carbocycles. The number of aromatic amines is 1. The highest BCUT2D eigenvalue weighted by molar-refractivity contribution is 14.1. The third-order valence-corrected chi connectivity index (χ3v) is 3.46. The van der Waals surface area contributed by atoms with Gasteiger partial charge in [-0.15, -0.1) is 0 Å². The first-order chi connectivity index (χ1) is 9.11. The summed E-state index contributed by atoms with van der Waals surface area (Å²) >= 11 is 1.96. The maximum Gasteiger partial charge on any atom is 0.266 e. The highest BCUT2D eigenvalue weighted by atomic mass is 127. The number of benzene rings is 1. The van der Waals surface area contributed by atoms with Crippen molar-refractivity contribution >= 4 is 28.5 Å². The largest absolute Gasteiger partial charge is 0.494 e. The SMILES string of the molecule is CCCOc1cccc(-c2nc(N)[nH]c(=O)c2I)c1. The number of nitrogens with two attached hydrogens (primary N) is 1. The molecule has 1 aromatic carbocycles. The van der Waals surface area contributed by atoms with Gasteiger partial charge in [-0.3, -0.25) is 9.78 Å². The van der Waals surface area contributed by atoms with Gasteiger partial charge in [0.05, 0.1) is 12.3 Å². The topological polar surface area (TPSA) is 81.0 Å². The van der Waals surface area contributed by atoms with Crippen LogP contribution in [-0.2, 0) is 0 Å². The van der Waals surface area contributed by atoms with E-state index in [1.54, 1.807) is 0 Å². The molecule has 5 nitrogen and oxygen atoms in total. The van der Waals surface area contributed by atoms with E-state index >= 15 is 0 Å². The lowest BCUT2D eigenvalue weighted by molar-refractivity contribution is 0.317. The number of nitrogen functional groups attached to an aromatic ring is 1. The molecule has 0 unspecified atom stereocenters. The number of nitrogens with zero attached hydrogens (tertiary/aromatic N) is 1. The number of aromatic nitrogens is 2. The zero-order valence-corrected chi connectivity index (χ0v) is 12.6. The van der Waals surface area contributed by atoms with Crippen LogP contribution >= 0.6 is 22.6 Å². The summed E-state index contributed by atoms with van der Waals surface area (Å²) in [6, 6.07) is 7.49. The molecule has 0 spiro atoms. The summed E-state index contributed by atoms with van der Waals surface area (Å²) in [7, 11) is 0. The minimum atomic E-state index is -0.233. The summed E-state index contributed by atoms with van der Waals surface area (Å²) in [6.45, 7) is 2.71. The zero-order chi connectivity index (χ0) is 13.8. The highest BCUT2D eigenvalue weighted by Gasteiger charge is 2.10. The van der Waals surface area contributed by atoms with Crippen LogP contribution < -0.4 is 16.0 Å². The van der Waals surface area contributed by atoms with E-state index in [4.69, 9.17) is 10.5 Å². The van der Waals surface area contributed by atoms with Crippen LogP contribution in [0.3, 0.4) is 0 Å². The first-order valence-corrected chi connectivity index (χ1v) is 6.98. The monoisotopic (exact) mass is 371 g/mol. The van der Waals surface area contributed by atoms with Crippen LogP contribution in [0.5, 0.6) is 5.75 Å². The van der Waals surface area contributed by atoms with Crippen LogP contribution in [0.15, 0.2) is 29.1 Å². The van der Waals surface area contributed by atoms with Gasteiger partial charge in [0.15, 0.2) is 0 Å². The van der Waals surface area contributed by atoms with E-state index in [-0.39, 0.29) is 11.5 Å². The molecule has 0 amide bonds. The summed E-state index contributed by atoms with van der Waals surface area (Å²) in [5.41, 5.74) is 6.74. The van der Waals surface area contributed by atoms with E-state index in [0.29, 0.717) is 15.9 Å². The molecule has 0 fully saturated rings. The fourth-order valence-electron chi connectivity index (χ4n) is 1.62. The van der Waals surface area contributed by atoms with Crippen molar-refractivity contribution in [2.24, 2.45) is 0 Å². The second kappa shape index (κ2) is 6.05. The van der Waals surface area contributed by atoms with Gasteiger partial charge in [0.1, 0.15) is 9.32 Å². The van der Waals surface area contributed by atoms with Gasteiger partial charge in [-0.1, -0.05) is 19.1 Å². The number of hydrogen-bond acceptors (Lipinski definition) is 4. The minimum absolute atomic E-state index is 0.111. The zero-order valence-electron chi connectivity index (χ0n) is 10.4. The molecule has 1 heterocycles. The molecule has 0 atom stereocenters. The molecule has 19 heavy (non-hydrogen) atoms. The molecule has 0 saturated heterocycles. The fourth-order valence-corrected chi connectivity index (χ4v) is 2.19. The van der Waals surface area contributed by atoms with Gasteiger partial charge < -0.3 is 10.5 Å². The average Bonchev–Trinajstić information content (AvgIpc) is 2.41. The van der Waals surface area contributed by atoms with Crippen LogP contribution in [0.25, 0.3) is 11.3 Å². The van der Waals surface area contributed by atoms with Crippen molar-refractivity contribution in [3.05, 3.63) is 38.2 Å². The van der Waals surface area contributed by atoms with Gasteiger partial charge in [0.25, 0.3) is 5.56 Å². The number of nitrogens with one attached hydrogen (secondary N) is 1. The van der Waals surface area contributed by atoms with Crippen LogP contribution in [0.1, 0.15) is 13.3 Å². The van der Waals surface area contributed by atoms with Crippen molar-refractivity contribution < 1.29 is 4.74 Å². The third kappa shape index (κ3) is 3.25. The van der Waals surface area contributed by atoms with Gasteiger partial charge in [-0.05, 0) is 41.1 Å². The summed E-state index contributed by atoms with van der Waals surface area (Å²) in [5.74, 6) is 0.871. The van der Waals surface area contributed by atoms with E-state index in [2.05, 4.69) is 9.97 Å². The number of rotatable bonds is 4. The van der Waals surface area contributed by atoms with Crippen molar-refractivity contribution in [3.8, 4) is 17.0 Å². The summed E-state index contributed by atoms with van der Waals surface area (Å²) in [6.07, 6.45) is 0.942. The maximum atomic E-state index is 11.7. The number of halogens is 1. The molecule has 0 bridgehead atoms.